The lowest BCUT2D eigenvalue weighted by Gasteiger charge is -2.16. The van der Waals surface area contributed by atoms with E-state index in [4.69, 9.17) is 5.11 Å². The van der Waals surface area contributed by atoms with Gasteiger partial charge in [0.1, 0.15) is 0 Å². The Hall–Kier alpha value is -0.970. The summed E-state index contributed by atoms with van der Waals surface area (Å²) in [6.07, 6.45) is 1.02. The van der Waals surface area contributed by atoms with Crippen LogP contribution in [-0.4, -0.2) is 29.8 Å². The number of hydrogen-bond donors (Lipinski definition) is 3. The largest absolute Gasteiger partial charge is 0.395 e. The lowest BCUT2D eigenvalue weighted by molar-refractivity contribution is 0.291. The van der Waals surface area contributed by atoms with Crippen molar-refractivity contribution in [2.75, 3.05) is 19.7 Å². The van der Waals surface area contributed by atoms with E-state index in [1.165, 1.54) is 11.3 Å². The minimum absolute atomic E-state index is 0.175. The summed E-state index contributed by atoms with van der Waals surface area (Å²) in [5, 5.41) is 15.1. The summed E-state index contributed by atoms with van der Waals surface area (Å²) < 4.78 is 0. The number of nitrogens with zero attached hydrogens (tertiary/aromatic N) is 1. The Bertz CT molecular complexity index is 328. The topological polar surface area (TPSA) is 57.2 Å². The van der Waals surface area contributed by atoms with Gasteiger partial charge in [-0.05, 0) is 11.6 Å². The molecule has 0 fully saturated rings. The molecular weight excluding hydrogens is 190 g/mol. The van der Waals surface area contributed by atoms with Crippen LogP contribution in [0.2, 0.25) is 0 Å². The van der Waals surface area contributed by atoms with Crippen molar-refractivity contribution >= 4 is 0 Å². The summed E-state index contributed by atoms with van der Waals surface area (Å²) in [4.78, 5) is 4.60. The molecule has 0 atom stereocenters. The van der Waals surface area contributed by atoms with Gasteiger partial charge in [0.25, 0.3) is 0 Å². The highest BCUT2D eigenvalue weighted by atomic mass is 16.3. The van der Waals surface area contributed by atoms with E-state index in [0.717, 1.165) is 31.7 Å². The number of rotatable bonds is 4. The molecule has 4 nitrogen and oxygen atoms in total. The first-order valence-corrected chi connectivity index (χ1v) is 5.40. The van der Waals surface area contributed by atoms with Gasteiger partial charge >= 0.3 is 0 Å². The van der Waals surface area contributed by atoms with Crippen LogP contribution in [0.25, 0.3) is 0 Å². The maximum Gasteiger partial charge on any atom is 0.0556 e. The Morgan fingerprint density at radius 3 is 3.27 bits per heavy atom. The monoisotopic (exact) mass is 207 g/mol. The van der Waals surface area contributed by atoms with Crippen LogP contribution in [0.15, 0.2) is 12.1 Å². The third-order valence-corrected chi connectivity index (χ3v) is 2.57. The molecule has 0 radical (unpaired) electrons. The second kappa shape index (κ2) is 5.21. The zero-order valence-corrected chi connectivity index (χ0v) is 8.79. The van der Waals surface area contributed by atoms with Crippen molar-refractivity contribution < 1.29 is 5.11 Å². The quantitative estimate of drug-likeness (QED) is 0.599. The molecule has 0 aromatic carbocycles. The zero-order valence-electron chi connectivity index (χ0n) is 8.79. The first-order valence-electron chi connectivity index (χ1n) is 5.40. The van der Waals surface area contributed by atoms with E-state index in [0.29, 0.717) is 6.54 Å². The normalized spacial score (nSPS) is 15.0. The molecule has 0 spiro atoms. The number of aliphatic hydroxyl groups is 1. The molecule has 0 amide bonds. The highest BCUT2D eigenvalue weighted by Crippen LogP contribution is 2.11. The fourth-order valence-electron chi connectivity index (χ4n) is 1.78. The highest BCUT2D eigenvalue weighted by Gasteiger charge is 2.09. The van der Waals surface area contributed by atoms with Crippen molar-refractivity contribution in [3.05, 3.63) is 29.1 Å². The number of nitrogens with one attached hydrogen (secondary N) is 2. The van der Waals surface area contributed by atoms with Crippen LogP contribution in [0.3, 0.4) is 0 Å². The summed E-state index contributed by atoms with van der Waals surface area (Å²) in [5.41, 5.74) is 3.59. The number of fused-ring (bicyclic) bond motifs is 1. The van der Waals surface area contributed by atoms with Crippen LogP contribution in [0.4, 0.5) is 0 Å². The minimum Gasteiger partial charge on any atom is -0.395 e. The van der Waals surface area contributed by atoms with Gasteiger partial charge in [-0.3, -0.25) is 4.98 Å². The average molecular weight is 207 g/mol. The molecular formula is C11H17N3O. The predicted octanol–water partition coefficient (Wildman–Crippen LogP) is -0.191. The first-order chi connectivity index (χ1) is 7.40. The van der Waals surface area contributed by atoms with Crippen LogP contribution in [-0.2, 0) is 19.5 Å². The van der Waals surface area contributed by atoms with Gasteiger partial charge in [0.05, 0.1) is 12.3 Å². The van der Waals surface area contributed by atoms with E-state index in [2.05, 4.69) is 27.8 Å². The fourth-order valence-corrected chi connectivity index (χ4v) is 1.78. The van der Waals surface area contributed by atoms with E-state index >= 15 is 0 Å². The van der Waals surface area contributed by atoms with Gasteiger partial charge in [0.2, 0.25) is 0 Å². The van der Waals surface area contributed by atoms with Crippen LogP contribution in [0.5, 0.6) is 0 Å². The lowest BCUT2D eigenvalue weighted by atomic mass is 10.1. The van der Waals surface area contributed by atoms with Crippen molar-refractivity contribution in [1.29, 1.82) is 0 Å². The lowest BCUT2D eigenvalue weighted by Crippen LogP contribution is -2.25. The van der Waals surface area contributed by atoms with Gasteiger partial charge in [-0.25, -0.2) is 0 Å². The Morgan fingerprint density at radius 1 is 1.47 bits per heavy atom. The smallest absolute Gasteiger partial charge is 0.0556 e. The summed E-state index contributed by atoms with van der Waals surface area (Å²) in [6, 6.07) is 4.20. The molecule has 0 saturated carbocycles. The molecule has 1 aliphatic rings. The molecule has 3 N–H and O–H groups in total. The molecule has 0 saturated heterocycles. The standard InChI is InChI=1S/C11H17N3O/c15-6-5-13-8-10-2-1-9-7-12-4-3-11(9)14-10/h1-2,12-13,15H,3-8H2. The van der Waals surface area contributed by atoms with Gasteiger partial charge in [-0.1, -0.05) is 6.07 Å². The molecule has 0 unspecified atom stereocenters. The van der Waals surface area contributed by atoms with Gasteiger partial charge in [0, 0.05) is 38.3 Å². The van der Waals surface area contributed by atoms with Crippen LogP contribution in [0, 0.1) is 0 Å². The van der Waals surface area contributed by atoms with Crippen molar-refractivity contribution in [1.82, 2.24) is 15.6 Å². The number of hydrogen-bond acceptors (Lipinski definition) is 4. The SMILES string of the molecule is OCCNCc1ccc2c(n1)CCNC2. The Labute approximate surface area is 89.7 Å². The molecule has 4 heteroatoms. The molecule has 1 aromatic heterocycles. The number of aromatic nitrogens is 1. The van der Waals surface area contributed by atoms with Gasteiger partial charge < -0.3 is 15.7 Å². The molecule has 1 aliphatic heterocycles. The second-order valence-corrected chi connectivity index (χ2v) is 3.74. The maximum atomic E-state index is 8.65. The first kappa shape index (κ1) is 10.5. The summed E-state index contributed by atoms with van der Waals surface area (Å²) in [6.45, 7) is 3.50. The third-order valence-electron chi connectivity index (χ3n) is 2.57. The van der Waals surface area contributed by atoms with E-state index < -0.39 is 0 Å². The van der Waals surface area contributed by atoms with Crippen molar-refractivity contribution in [2.24, 2.45) is 0 Å². The summed E-state index contributed by atoms with van der Waals surface area (Å²) >= 11 is 0. The van der Waals surface area contributed by atoms with E-state index in [9.17, 15) is 0 Å². The van der Waals surface area contributed by atoms with Crippen LogP contribution >= 0.6 is 0 Å². The molecule has 1 aromatic rings. The fraction of sp³-hybridized carbons (Fsp3) is 0.545. The second-order valence-electron chi connectivity index (χ2n) is 3.74. The highest BCUT2D eigenvalue weighted by molar-refractivity contribution is 5.25. The minimum atomic E-state index is 0.175. The van der Waals surface area contributed by atoms with Gasteiger partial charge in [-0.2, -0.15) is 0 Å². The average Bonchev–Trinajstić information content (AvgIpc) is 2.29. The number of pyridine rings is 1. The maximum absolute atomic E-state index is 8.65. The Balaban J connectivity index is 2.00. The molecule has 82 valence electrons. The van der Waals surface area contributed by atoms with E-state index in [-0.39, 0.29) is 6.61 Å². The van der Waals surface area contributed by atoms with E-state index in [1.54, 1.807) is 0 Å². The predicted molar refractivity (Wildman–Crippen MR) is 58.4 cm³/mol. The van der Waals surface area contributed by atoms with Crippen molar-refractivity contribution in [3.63, 3.8) is 0 Å². The van der Waals surface area contributed by atoms with Crippen LogP contribution < -0.4 is 10.6 Å². The number of aliphatic hydroxyl groups excluding tert-OH is 1. The zero-order chi connectivity index (χ0) is 10.5. The van der Waals surface area contributed by atoms with E-state index in [1.807, 2.05) is 0 Å². The van der Waals surface area contributed by atoms with Crippen molar-refractivity contribution in [3.8, 4) is 0 Å². The molecule has 2 heterocycles. The van der Waals surface area contributed by atoms with Gasteiger partial charge in [-0.15, -0.1) is 0 Å². The van der Waals surface area contributed by atoms with Gasteiger partial charge in [0.15, 0.2) is 0 Å². The third kappa shape index (κ3) is 2.75. The molecule has 0 aliphatic carbocycles. The Kier molecular flexibility index (Phi) is 3.66. The Morgan fingerprint density at radius 2 is 2.40 bits per heavy atom. The molecule has 2 rings (SSSR count). The molecule has 15 heavy (non-hydrogen) atoms. The van der Waals surface area contributed by atoms with Crippen molar-refractivity contribution in [2.45, 2.75) is 19.5 Å². The summed E-state index contributed by atoms with van der Waals surface area (Å²) in [7, 11) is 0. The molecule has 0 bridgehead atoms. The summed E-state index contributed by atoms with van der Waals surface area (Å²) in [5.74, 6) is 0. The van der Waals surface area contributed by atoms with Crippen LogP contribution in [0.1, 0.15) is 17.0 Å².